The highest BCUT2D eigenvalue weighted by atomic mass is 16.2. The highest BCUT2D eigenvalue weighted by Gasteiger charge is 1.65. The van der Waals surface area contributed by atoms with E-state index in [1.807, 2.05) is 0 Å². The summed E-state index contributed by atoms with van der Waals surface area (Å²) in [6.45, 7) is 2.08. The van der Waals surface area contributed by atoms with Gasteiger partial charge in [-0.05, 0) is 12.5 Å². The number of hydrogen-bond donors (Lipinski definition) is 1. The van der Waals surface area contributed by atoms with Crippen molar-refractivity contribution in [2.24, 2.45) is 0 Å². The molecule has 0 radical (unpaired) electrons. The molecule has 0 rings (SSSR count). The van der Waals surface area contributed by atoms with Crippen LogP contribution in [-0.2, 0) is 0 Å². The molecule has 40 valence electrons. The molecular weight excluding hydrogens is 88.1 g/mol. The number of unbranched alkanes of at least 4 members (excludes halogenated alkanes) is 1. The smallest absolute Gasteiger partial charge is 0.121 e. The zero-order valence-electron chi connectivity index (χ0n) is 4.52. The lowest BCUT2D eigenvalue weighted by molar-refractivity contribution is 0.474. The van der Waals surface area contributed by atoms with E-state index in [-0.39, 0.29) is 0 Å². The van der Waals surface area contributed by atoms with E-state index in [4.69, 9.17) is 5.11 Å². The lowest BCUT2D eigenvalue weighted by Gasteiger charge is -1.74. The van der Waals surface area contributed by atoms with Crippen LogP contribution >= 0.6 is 0 Å². The summed E-state index contributed by atoms with van der Waals surface area (Å²) >= 11 is 0. The van der Waals surface area contributed by atoms with Crippen LogP contribution < -0.4 is 0 Å². The first-order valence-corrected chi connectivity index (χ1v) is 2.45. The molecule has 0 aromatic rings. The summed E-state index contributed by atoms with van der Waals surface area (Å²) < 4.78 is 0. The van der Waals surface area contributed by atoms with Gasteiger partial charge in [0.15, 0.2) is 0 Å². The van der Waals surface area contributed by atoms with E-state index in [9.17, 15) is 0 Å². The van der Waals surface area contributed by atoms with Gasteiger partial charge in [0.2, 0.25) is 0 Å². The van der Waals surface area contributed by atoms with Gasteiger partial charge in [-0.25, -0.2) is 0 Å². The van der Waals surface area contributed by atoms with Gasteiger partial charge in [-0.1, -0.05) is 19.1 Å². The minimum Gasteiger partial charge on any atom is -0.507 e. The SMILES string of the molecule is CCCC=C=CO. The Balaban J connectivity index is 3.10. The van der Waals surface area contributed by atoms with Crippen molar-refractivity contribution in [3.8, 4) is 0 Å². The first-order valence-electron chi connectivity index (χ1n) is 2.45. The van der Waals surface area contributed by atoms with Crippen LogP contribution in [0.5, 0.6) is 0 Å². The highest BCUT2D eigenvalue weighted by Crippen LogP contribution is 1.84. The van der Waals surface area contributed by atoms with Crippen molar-refractivity contribution in [2.45, 2.75) is 19.8 Å². The summed E-state index contributed by atoms with van der Waals surface area (Å²) in [6.07, 6.45) is 4.84. The fraction of sp³-hybridized carbons (Fsp3) is 0.500. The zero-order valence-corrected chi connectivity index (χ0v) is 4.52. The van der Waals surface area contributed by atoms with Gasteiger partial charge < -0.3 is 5.11 Å². The molecule has 1 heteroatoms. The molecule has 0 aliphatic heterocycles. The standard InChI is InChI=1S/C6H10O/c1-2-3-4-5-6-7/h4,6-7H,2-3H2,1H3. The van der Waals surface area contributed by atoms with E-state index >= 15 is 0 Å². The highest BCUT2D eigenvalue weighted by molar-refractivity contribution is 4.77. The molecule has 0 fully saturated rings. The second kappa shape index (κ2) is 5.32. The quantitative estimate of drug-likeness (QED) is 0.413. The van der Waals surface area contributed by atoms with Gasteiger partial charge in [-0.2, -0.15) is 0 Å². The van der Waals surface area contributed by atoms with Crippen molar-refractivity contribution in [1.29, 1.82) is 0 Å². The third kappa shape index (κ3) is 5.32. The molecular formula is C6H10O. The average molecular weight is 98.1 g/mol. The van der Waals surface area contributed by atoms with Gasteiger partial charge in [-0.3, -0.25) is 0 Å². The summed E-state index contributed by atoms with van der Waals surface area (Å²) in [4.78, 5) is 0. The minimum absolute atomic E-state index is 0.926. The molecule has 0 saturated carbocycles. The van der Waals surface area contributed by atoms with E-state index in [1.165, 1.54) is 0 Å². The van der Waals surface area contributed by atoms with Crippen molar-refractivity contribution < 1.29 is 5.11 Å². The summed E-state index contributed by atoms with van der Waals surface area (Å²) in [6, 6.07) is 0. The lowest BCUT2D eigenvalue weighted by atomic mass is 10.3. The van der Waals surface area contributed by atoms with Crippen LogP contribution in [0, 0.1) is 0 Å². The summed E-state index contributed by atoms with van der Waals surface area (Å²) in [5, 5.41) is 8.03. The van der Waals surface area contributed by atoms with E-state index < -0.39 is 0 Å². The maximum atomic E-state index is 8.03. The molecule has 0 spiro atoms. The normalized spacial score (nSPS) is 7.00. The van der Waals surface area contributed by atoms with Crippen LogP contribution in [0.15, 0.2) is 18.1 Å². The van der Waals surface area contributed by atoms with E-state index in [0.29, 0.717) is 0 Å². The molecule has 0 amide bonds. The molecule has 0 aromatic carbocycles. The Morgan fingerprint density at radius 3 is 2.86 bits per heavy atom. The van der Waals surface area contributed by atoms with Crippen molar-refractivity contribution in [1.82, 2.24) is 0 Å². The van der Waals surface area contributed by atoms with Gasteiger partial charge in [0.05, 0.1) is 0 Å². The maximum absolute atomic E-state index is 8.03. The zero-order chi connectivity index (χ0) is 5.54. The Morgan fingerprint density at radius 1 is 1.71 bits per heavy atom. The Labute approximate surface area is 44.0 Å². The van der Waals surface area contributed by atoms with Crippen LogP contribution in [0.25, 0.3) is 0 Å². The van der Waals surface area contributed by atoms with E-state index in [0.717, 1.165) is 19.1 Å². The van der Waals surface area contributed by atoms with Crippen molar-refractivity contribution in [3.63, 3.8) is 0 Å². The van der Waals surface area contributed by atoms with Crippen LogP contribution in [0.1, 0.15) is 19.8 Å². The second-order valence-electron chi connectivity index (χ2n) is 1.29. The van der Waals surface area contributed by atoms with Gasteiger partial charge in [0.1, 0.15) is 6.26 Å². The molecule has 0 unspecified atom stereocenters. The first kappa shape index (κ1) is 6.32. The van der Waals surface area contributed by atoms with Gasteiger partial charge in [0, 0.05) is 0 Å². The number of aliphatic hydroxyl groups is 1. The molecule has 0 heterocycles. The Kier molecular flexibility index (Phi) is 4.80. The number of allylic oxidation sites excluding steroid dienone is 1. The summed E-state index contributed by atoms with van der Waals surface area (Å²) in [5.41, 5.74) is 2.55. The first-order chi connectivity index (χ1) is 3.41. The largest absolute Gasteiger partial charge is 0.507 e. The Hall–Kier alpha value is -0.680. The molecule has 0 atom stereocenters. The third-order valence-electron chi connectivity index (χ3n) is 0.625. The predicted molar refractivity (Wildman–Crippen MR) is 30.2 cm³/mol. The fourth-order valence-corrected chi connectivity index (χ4v) is 0.280. The van der Waals surface area contributed by atoms with Crippen LogP contribution in [0.3, 0.4) is 0 Å². The molecule has 1 nitrogen and oxygen atoms in total. The van der Waals surface area contributed by atoms with E-state index in [2.05, 4.69) is 12.7 Å². The summed E-state index contributed by atoms with van der Waals surface area (Å²) in [5.74, 6) is 0. The lowest BCUT2D eigenvalue weighted by Crippen LogP contribution is -1.55. The number of hydrogen-bond acceptors (Lipinski definition) is 1. The van der Waals surface area contributed by atoms with Crippen LogP contribution in [0.2, 0.25) is 0 Å². The second-order valence-corrected chi connectivity index (χ2v) is 1.29. The molecule has 0 saturated heterocycles. The van der Waals surface area contributed by atoms with Gasteiger partial charge in [-0.15, -0.1) is 0 Å². The van der Waals surface area contributed by atoms with E-state index in [1.54, 1.807) is 6.08 Å². The Bertz CT molecular complexity index is 78.2. The molecule has 0 bridgehead atoms. The predicted octanol–water partition coefficient (Wildman–Crippen LogP) is 2.01. The average Bonchev–Trinajstić information content (AvgIpc) is 1.69. The number of rotatable bonds is 2. The number of aliphatic hydroxyl groups excluding tert-OH is 1. The van der Waals surface area contributed by atoms with Crippen molar-refractivity contribution >= 4 is 0 Å². The fourth-order valence-electron chi connectivity index (χ4n) is 0.280. The van der Waals surface area contributed by atoms with Crippen molar-refractivity contribution in [3.05, 3.63) is 18.1 Å². The molecule has 0 aromatic heterocycles. The van der Waals surface area contributed by atoms with Crippen LogP contribution in [-0.4, -0.2) is 5.11 Å². The van der Waals surface area contributed by atoms with Crippen LogP contribution in [0.4, 0.5) is 0 Å². The molecule has 0 aliphatic rings. The minimum atomic E-state index is 0.926. The van der Waals surface area contributed by atoms with Crippen molar-refractivity contribution in [2.75, 3.05) is 0 Å². The Morgan fingerprint density at radius 2 is 2.43 bits per heavy atom. The van der Waals surface area contributed by atoms with Gasteiger partial charge >= 0.3 is 0 Å². The summed E-state index contributed by atoms with van der Waals surface area (Å²) in [7, 11) is 0. The monoisotopic (exact) mass is 98.1 g/mol. The topological polar surface area (TPSA) is 20.2 Å². The van der Waals surface area contributed by atoms with Gasteiger partial charge in [0.25, 0.3) is 0 Å². The molecule has 7 heavy (non-hydrogen) atoms. The molecule has 0 aliphatic carbocycles. The molecule has 1 N–H and O–H groups in total. The maximum Gasteiger partial charge on any atom is 0.121 e. The third-order valence-corrected chi connectivity index (χ3v) is 0.625.